The van der Waals surface area contributed by atoms with Gasteiger partial charge in [0.15, 0.2) is 0 Å². The first-order valence-electron chi connectivity index (χ1n) is 7.71. The Morgan fingerprint density at radius 3 is 2.54 bits per heavy atom. The Kier molecular flexibility index (Phi) is 4.60. The molecule has 0 spiro atoms. The van der Waals surface area contributed by atoms with Crippen LogP contribution in [0.3, 0.4) is 0 Å². The Morgan fingerprint density at radius 1 is 1.08 bits per heavy atom. The first-order chi connectivity index (χ1) is 12.4. The number of anilines is 1. The summed E-state index contributed by atoms with van der Waals surface area (Å²) in [5.41, 5.74) is 1.50. The second kappa shape index (κ2) is 6.72. The maximum Gasteiger partial charge on any atom is 0.341 e. The molecule has 0 aliphatic rings. The highest BCUT2D eigenvalue weighted by molar-refractivity contribution is 7.92. The number of carbonyl (C=O) groups excluding carboxylic acids is 1. The molecule has 1 heterocycles. The molecule has 0 aliphatic carbocycles. The zero-order valence-electron chi connectivity index (χ0n) is 14.5. The van der Waals surface area contributed by atoms with Gasteiger partial charge < -0.3 is 14.5 Å². The highest BCUT2D eigenvalue weighted by Crippen LogP contribution is 2.29. The predicted octanol–water partition coefficient (Wildman–Crippen LogP) is 2.79. The molecule has 0 amide bonds. The van der Waals surface area contributed by atoms with E-state index in [0.717, 1.165) is 10.9 Å². The minimum Gasteiger partial charge on any atom is -0.496 e. The molecule has 136 valence electrons. The van der Waals surface area contributed by atoms with Crippen molar-refractivity contribution in [3.63, 3.8) is 0 Å². The molecule has 3 rings (SSSR count). The maximum absolute atomic E-state index is 13.0. The predicted molar refractivity (Wildman–Crippen MR) is 98.2 cm³/mol. The van der Waals surface area contributed by atoms with Gasteiger partial charge >= 0.3 is 5.97 Å². The summed E-state index contributed by atoms with van der Waals surface area (Å²) in [6.07, 6.45) is 1.79. The van der Waals surface area contributed by atoms with Crippen LogP contribution in [0, 0.1) is 0 Å². The number of esters is 1. The molecule has 7 nitrogen and oxygen atoms in total. The largest absolute Gasteiger partial charge is 0.496 e. The van der Waals surface area contributed by atoms with Crippen LogP contribution < -0.4 is 9.04 Å². The Labute approximate surface area is 151 Å². The van der Waals surface area contributed by atoms with Gasteiger partial charge in [-0.15, -0.1) is 0 Å². The molecule has 1 aromatic heterocycles. The SMILES string of the molecule is COC(=O)c1ccc(S(=O)(=O)N(C)c2ccc3cc[nH]c3c2)cc1OC. The number of fused-ring (bicyclic) bond motifs is 1. The van der Waals surface area contributed by atoms with Gasteiger partial charge in [0.2, 0.25) is 0 Å². The number of nitrogens with zero attached hydrogens (tertiary/aromatic N) is 1. The van der Waals surface area contributed by atoms with Crippen molar-refractivity contribution in [1.82, 2.24) is 4.98 Å². The first kappa shape index (κ1) is 17.8. The van der Waals surface area contributed by atoms with Crippen molar-refractivity contribution in [2.75, 3.05) is 25.6 Å². The fraction of sp³-hybridized carbons (Fsp3) is 0.167. The minimum atomic E-state index is -3.84. The van der Waals surface area contributed by atoms with Gasteiger partial charge in [-0.25, -0.2) is 13.2 Å². The van der Waals surface area contributed by atoms with Crippen LogP contribution in [0.2, 0.25) is 0 Å². The first-order valence-corrected chi connectivity index (χ1v) is 9.15. The fourth-order valence-electron chi connectivity index (χ4n) is 2.64. The fourth-order valence-corrected chi connectivity index (χ4v) is 3.84. The lowest BCUT2D eigenvalue weighted by molar-refractivity contribution is 0.0597. The lowest BCUT2D eigenvalue weighted by atomic mass is 10.2. The summed E-state index contributed by atoms with van der Waals surface area (Å²) in [5.74, 6) is -0.470. The number of carbonyl (C=O) groups is 1. The van der Waals surface area contributed by atoms with E-state index in [1.165, 1.54) is 43.8 Å². The summed E-state index contributed by atoms with van der Waals surface area (Å²) in [4.78, 5) is 14.8. The van der Waals surface area contributed by atoms with E-state index in [4.69, 9.17) is 4.74 Å². The number of benzene rings is 2. The van der Waals surface area contributed by atoms with Gasteiger partial charge in [0.1, 0.15) is 11.3 Å². The lowest BCUT2D eigenvalue weighted by Gasteiger charge is -2.20. The van der Waals surface area contributed by atoms with Crippen LogP contribution in [-0.2, 0) is 14.8 Å². The molecule has 0 saturated heterocycles. The van der Waals surface area contributed by atoms with Crippen molar-refractivity contribution < 1.29 is 22.7 Å². The van der Waals surface area contributed by atoms with Gasteiger partial charge in [0, 0.05) is 24.8 Å². The van der Waals surface area contributed by atoms with Gasteiger partial charge in [-0.1, -0.05) is 6.07 Å². The number of hydrogen-bond donors (Lipinski definition) is 1. The number of hydrogen-bond acceptors (Lipinski definition) is 5. The van der Waals surface area contributed by atoms with Crippen LogP contribution in [0.15, 0.2) is 53.6 Å². The van der Waals surface area contributed by atoms with Crippen molar-refractivity contribution >= 4 is 32.6 Å². The number of aromatic nitrogens is 1. The van der Waals surface area contributed by atoms with Gasteiger partial charge in [0.25, 0.3) is 10.0 Å². The Hall–Kier alpha value is -3.00. The van der Waals surface area contributed by atoms with Crippen molar-refractivity contribution in [3.8, 4) is 5.75 Å². The molecule has 0 radical (unpaired) electrons. The summed E-state index contributed by atoms with van der Waals surface area (Å²) in [7, 11) is 0.243. The number of rotatable bonds is 5. The van der Waals surface area contributed by atoms with Crippen molar-refractivity contribution in [1.29, 1.82) is 0 Å². The van der Waals surface area contributed by atoms with Crippen LogP contribution in [0.5, 0.6) is 5.75 Å². The standard InChI is InChI=1S/C18H18N2O5S/c1-20(13-5-4-12-8-9-19-16(12)10-13)26(22,23)14-6-7-15(18(21)25-3)17(11-14)24-2/h4-11,19H,1-3H3. The van der Waals surface area contributed by atoms with E-state index in [1.807, 2.05) is 12.1 Å². The topological polar surface area (TPSA) is 88.7 Å². The quantitative estimate of drug-likeness (QED) is 0.694. The molecule has 2 aromatic carbocycles. The lowest BCUT2D eigenvalue weighted by Crippen LogP contribution is -2.26. The number of H-pyrrole nitrogens is 1. The number of nitrogens with one attached hydrogen (secondary N) is 1. The van der Waals surface area contributed by atoms with Gasteiger partial charge in [-0.05, 0) is 35.7 Å². The third kappa shape index (κ3) is 2.99. The minimum absolute atomic E-state index is 0.0103. The monoisotopic (exact) mass is 374 g/mol. The molecule has 0 unspecified atom stereocenters. The summed E-state index contributed by atoms with van der Waals surface area (Å²) < 4.78 is 36.9. The zero-order valence-corrected chi connectivity index (χ0v) is 15.3. The molecule has 0 fully saturated rings. The molecule has 8 heteroatoms. The molecule has 3 aromatic rings. The Morgan fingerprint density at radius 2 is 1.85 bits per heavy atom. The van der Waals surface area contributed by atoms with E-state index in [2.05, 4.69) is 9.72 Å². The maximum atomic E-state index is 13.0. The van der Waals surface area contributed by atoms with Crippen molar-refractivity contribution in [2.24, 2.45) is 0 Å². The average molecular weight is 374 g/mol. The normalized spacial score (nSPS) is 11.3. The van der Waals surface area contributed by atoms with Gasteiger partial charge in [-0.3, -0.25) is 4.31 Å². The van der Waals surface area contributed by atoms with Crippen LogP contribution in [0.4, 0.5) is 5.69 Å². The van der Waals surface area contributed by atoms with Crippen molar-refractivity contribution in [3.05, 3.63) is 54.2 Å². The number of aromatic amines is 1. The van der Waals surface area contributed by atoms with Crippen LogP contribution in [0.25, 0.3) is 10.9 Å². The van der Waals surface area contributed by atoms with Crippen LogP contribution in [0.1, 0.15) is 10.4 Å². The van der Waals surface area contributed by atoms with E-state index in [-0.39, 0.29) is 16.2 Å². The second-order valence-electron chi connectivity index (χ2n) is 5.58. The van der Waals surface area contributed by atoms with Gasteiger partial charge in [0.05, 0.1) is 24.8 Å². The van der Waals surface area contributed by atoms with E-state index in [1.54, 1.807) is 18.3 Å². The summed E-state index contributed by atoms with van der Waals surface area (Å²) in [6.45, 7) is 0. The summed E-state index contributed by atoms with van der Waals surface area (Å²) in [6, 6.07) is 11.3. The van der Waals surface area contributed by atoms with E-state index in [0.29, 0.717) is 5.69 Å². The molecule has 0 saturated carbocycles. The highest BCUT2D eigenvalue weighted by Gasteiger charge is 2.24. The third-order valence-electron chi connectivity index (χ3n) is 4.14. The number of methoxy groups -OCH3 is 2. The van der Waals surface area contributed by atoms with E-state index in [9.17, 15) is 13.2 Å². The Balaban J connectivity index is 2.02. The molecular formula is C18H18N2O5S. The van der Waals surface area contributed by atoms with Crippen LogP contribution >= 0.6 is 0 Å². The molecule has 1 N–H and O–H groups in total. The number of sulfonamides is 1. The summed E-state index contributed by atoms with van der Waals surface area (Å²) in [5, 5.41) is 0.989. The van der Waals surface area contributed by atoms with Gasteiger partial charge in [-0.2, -0.15) is 0 Å². The zero-order chi connectivity index (χ0) is 18.9. The molecule has 0 atom stereocenters. The highest BCUT2D eigenvalue weighted by atomic mass is 32.2. The van der Waals surface area contributed by atoms with Crippen LogP contribution in [-0.4, -0.2) is 40.6 Å². The molecular weight excluding hydrogens is 356 g/mol. The smallest absolute Gasteiger partial charge is 0.341 e. The second-order valence-corrected chi connectivity index (χ2v) is 7.54. The molecule has 0 bridgehead atoms. The molecule has 0 aliphatic heterocycles. The molecule has 26 heavy (non-hydrogen) atoms. The average Bonchev–Trinajstić information content (AvgIpc) is 3.13. The third-order valence-corrected chi connectivity index (χ3v) is 5.92. The Bertz CT molecular complexity index is 1070. The number of ether oxygens (including phenoxy) is 2. The van der Waals surface area contributed by atoms with E-state index >= 15 is 0 Å². The van der Waals surface area contributed by atoms with E-state index < -0.39 is 16.0 Å². The summed E-state index contributed by atoms with van der Waals surface area (Å²) >= 11 is 0. The van der Waals surface area contributed by atoms with Crippen molar-refractivity contribution in [2.45, 2.75) is 4.90 Å².